The third-order valence-electron chi connectivity index (χ3n) is 1.48. The molecule has 0 N–H and O–H groups in total. The molecule has 0 aliphatic carbocycles. The van der Waals surface area contributed by atoms with Crippen LogP contribution in [0.25, 0.3) is 0 Å². The van der Waals surface area contributed by atoms with Crippen molar-refractivity contribution in [2.24, 2.45) is 4.99 Å². The van der Waals surface area contributed by atoms with Gasteiger partial charge in [-0.25, -0.2) is 0 Å². The minimum atomic E-state index is 0.954. The van der Waals surface area contributed by atoms with E-state index >= 15 is 0 Å². The molecular weight excluding hydrogens is 146 g/mol. The van der Waals surface area contributed by atoms with Crippen LogP contribution >= 0.6 is 0 Å². The summed E-state index contributed by atoms with van der Waals surface area (Å²) in [6.45, 7) is 9.01. The molecular formula is C11H19N. The highest BCUT2D eigenvalue weighted by molar-refractivity contribution is 5.57. The van der Waals surface area contributed by atoms with Crippen molar-refractivity contribution in [2.75, 3.05) is 6.54 Å². The molecule has 68 valence electrons. The van der Waals surface area contributed by atoms with Gasteiger partial charge >= 0.3 is 0 Å². The molecule has 12 heavy (non-hydrogen) atoms. The van der Waals surface area contributed by atoms with E-state index in [1.807, 2.05) is 25.3 Å². The Hall–Kier alpha value is -0.850. The van der Waals surface area contributed by atoms with Crippen LogP contribution in [0, 0.1) is 0 Å². The summed E-state index contributed by atoms with van der Waals surface area (Å²) < 4.78 is 0. The van der Waals surface area contributed by atoms with Crippen molar-refractivity contribution in [2.45, 2.75) is 33.1 Å². The molecule has 0 aliphatic rings. The number of hydrogen-bond donors (Lipinski definition) is 0. The van der Waals surface area contributed by atoms with E-state index in [-0.39, 0.29) is 0 Å². The summed E-state index contributed by atoms with van der Waals surface area (Å²) in [5.41, 5.74) is 1.18. The molecule has 0 aromatic carbocycles. The lowest BCUT2D eigenvalue weighted by atomic mass is 10.1. The van der Waals surface area contributed by atoms with Crippen LogP contribution in [-0.4, -0.2) is 12.8 Å². The summed E-state index contributed by atoms with van der Waals surface area (Å²) in [7, 11) is 0. The van der Waals surface area contributed by atoms with Crippen LogP contribution in [0.2, 0.25) is 0 Å². The van der Waals surface area contributed by atoms with E-state index in [9.17, 15) is 0 Å². The molecule has 1 heteroatoms. The zero-order chi connectivity index (χ0) is 9.23. The van der Waals surface area contributed by atoms with Gasteiger partial charge in [0.25, 0.3) is 0 Å². The Balaban J connectivity index is 3.36. The highest BCUT2D eigenvalue weighted by Gasteiger charge is 1.85. The quantitative estimate of drug-likeness (QED) is 0.422. The molecule has 0 atom stereocenters. The second kappa shape index (κ2) is 8.25. The average molecular weight is 165 g/mol. The molecule has 0 radical (unpaired) electrons. The molecule has 0 spiro atoms. The Morgan fingerprint density at radius 1 is 1.50 bits per heavy atom. The minimum Gasteiger partial charge on any atom is -0.298 e. The molecule has 1 nitrogen and oxygen atoms in total. The van der Waals surface area contributed by atoms with Crippen LogP contribution in [0.15, 0.2) is 29.3 Å². The fourth-order valence-electron chi connectivity index (χ4n) is 0.881. The SMILES string of the molecule is C=C(/C=C\C)CC/C=N\CCC. The third kappa shape index (κ3) is 7.26. The normalized spacial score (nSPS) is 11.5. The largest absolute Gasteiger partial charge is 0.298 e. The average Bonchev–Trinajstić information content (AvgIpc) is 2.05. The van der Waals surface area contributed by atoms with Gasteiger partial charge in [0.05, 0.1) is 0 Å². The standard InChI is InChI=1S/C11H19N/c1-4-7-11(3)8-6-10-12-9-5-2/h4,7,10H,3,5-6,8-9H2,1-2H3/b7-4-,12-10-. The lowest BCUT2D eigenvalue weighted by Crippen LogP contribution is -1.81. The number of rotatable bonds is 6. The monoisotopic (exact) mass is 165 g/mol. The first kappa shape index (κ1) is 11.2. The topological polar surface area (TPSA) is 12.4 Å². The van der Waals surface area contributed by atoms with Crippen molar-refractivity contribution in [3.63, 3.8) is 0 Å². The molecule has 0 rings (SSSR count). The predicted octanol–water partition coefficient (Wildman–Crippen LogP) is 3.38. The Labute approximate surface area is 75.9 Å². The van der Waals surface area contributed by atoms with Crippen molar-refractivity contribution in [3.05, 3.63) is 24.3 Å². The van der Waals surface area contributed by atoms with Crippen molar-refractivity contribution < 1.29 is 0 Å². The van der Waals surface area contributed by atoms with E-state index < -0.39 is 0 Å². The summed E-state index contributed by atoms with van der Waals surface area (Å²) in [4.78, 5) is 4.23. The maximum Gasteiger partial charge on any atom is 0.0382 e. The second-order valence-electron chi connectivity index (χ2n) is 2.79. The summed E-state index contributed by atoms with van der Waals surface area (Å²) in [5, 5.41) is 0. The van der Waals surface area contributed by atoms with Crippen molar-refractivity contribution >= 4 is 6.21 Å². The summed E-state index contributed by atoms with van der Waals surface area (Å²) in [5.74, 6) is 0. The van der Waals surface area contributed by atoms with Gasteiger partial charge in [0.15, 0.2) is 0 Å². The lowest BCUT2D eigenvalue weighted by molar-refractivity contribution is 0.927. The van der Waals surface area contributed by atoms with Crippen LogP contribution in [0.1, 0.15) is 33.1 Å². The Kier molecular flexibility index (Phi) is 7.66. The molecule has 0 heterocycles. The van der Waals surface area contributed by atoms with Gasteiger partial charge in [0.1, 0.15) is 0 Å². The first-order valence-electron chi connectivity index (χ1n) is 4.60. The van der Waals surface area contributed by atoms with Crippen LogP contribution in [0.5, 0.6) is 0 Å². The van der Waals surface area contributed by atoms with Crippen LogP contribution < -0.4 is 0 Å². The molecule has 0 saturated carbocycles. The maximum absolute atomic E-state index is 4.23. The van der Waals surface area contributed by atoms with Gasteiger partial charge in [-0.15, -0.1) is 0 Å². The lowest BCUT2D eigenvalue weighted by Gasteiger charge is -1.94. The van der Waals surface area contributed by atoms with Gasteiger partial charge in [-0.05, 0) is 32.4 Å². The first-order valence-corrected chi connectivity index (χ1v) is 4.60. The number of hydrogen-bond acceptors (Lipinski definition) is 1. The van der Waals surface area contributed by atoms with E-state index in [0.29, 0.717) is 0 Å². The van der Waals surface area contributed by atoms with Gasteiger partial charge in [-0.3, -0.25) is 4.99 Å². The number of nitrogens with zero attached hydrogens (tertiary/aromatic N) is 1. The molecule has 0 saturated heterocycles. The fourth-order valence-corrected chi connectivity index (χ4v) is 0.881. The molecule has 0 unspecified atom stereocenters. The van der Waals surface area contributed by atoms with E-state index in [0.717, 1.165) is 25.8 Å². The molecule has 0 amide bonds. The summed E-state index contributed by atoms with van der Waals surface area (Å²) in [6.07, 6.45) is 9.24. The van der Waals surface area contributed by atoms with Gasteiger partial charge < -0.3 is 0 Å². The number of allylic oxidation sites excluding steroid dienone is 3. The Morgan fingerprint density at radius 3 is 2.83 bits per heavy atom. The predicted molar refractivity (Wildman–Crippen MR) is 56.8 cm³/mol. The molecule has 0 fully saturated rings. The highest BCUT2D eigenvalue weighted by Crippen LogP contribution is 2.01. The number of aliphatic imine (C=N–C) groups is 1. The molecule has 0 aromatic rings. The van der Waals surface area contributed by atoms with Crippen molar-refractivity contribution in [1.82, 2.24) is 0 Å². The zero-order valence-electron chi connectivity index (χ0n) is 8.21. The Morgan fingerprint density at radius 2 is 2.25 bits per heavy atom. The minimum absolute atomic E-state index is 0.954. The van der Waals surface area contributed by atoms with Gasteiger partial charge in [0, 0.05) is 6.54 Å². The van der Waals surface area contributed by atoms with E-state index in [2.05, 4.69) is 18.5 Å². The fraction of sp³-hybridized carbons (Fsp3) is 0.545. The zero-order valence-corrected chi connectivity index (χ0v) is 8.21. The highest BCUT2D eigenvalue weighted by atomic mass is 14.7. The third-order valence-corrected chi connectivity index (χ3v) is 1.48. The van der Waals surface area contributed by atoms with Crippen LogP contribution in [0.3, 0.4) is 0 Å². The second-order valence-corrected chi connectivity index (χ2v) is 2.79. The van der Waals surface area contributed by atoms with Crippen molar-refractivity contribution in [3.8, 4) is 0 Å². The van der Waals surface area contributed by atoms with Gasteiger partial charge in [0.2, 0.25) is 0 Å². The van der Waals surface area contributed by atoms with Gasteiger partial charge in [-0.2, -0.15) is 0 Å². The van der Waals surface area contributed by atoms with E-state index in [1.54, 1.807) is 0 Å². The smallest absolute Gasteiger partial charge is 0.0382 e. The maximum atomic E-state index is 4.23. The van der Waals surface area contributed by atoms with Crippen molar-refractivity contribution in [1.29, 1.82) is 0 Å². The molecule has 0 aromatic heterocycles. The Bertz CT molecular complexity index is 166. The summed E-state index contributed by atoms with van der Waals surface area (Å²) in [6, 6.07) is 0. The first-order chi connectivity index (χ1) is 5.81. The van der Waals surface area contributed by atoms with Crippen LogP contribution in [-0.2, 0) is 0 Å². The van der Waals surface area contributed by atoms with Gasteiger partial charge in [-0.1, -0.05) is 31.2 Å². The van der Waals surface area contributed by atoms with E-state index in [4.69, 9.17) is 0 Å². The van der Waals surface area contributed by atoms with E-state index in [1.165, 1.54) is 5.57 Å². The molecule has 0 bridgehead atoms. The van der Waals surface area contributed by atoms with Crippen LogP contribution in [0.4, 0.5) is 0 Å². The summed E-state index contributed by atoms with van der Waals surface area (Å²) >= 11 is 0. The molecule has 0 aliphatic heterocycles.